The molecule has 0 fully saturated rings. The summed E-state index contributed by atoms with van der Waals surface area (Å²) in [5.41, 5.74) is 8.81. The fraction of sp³-hybridized carbons (Fsp3) is 0.200. The zero-order valence-electron chi connectivity index (χ0n) is 16.6. The molecule has 4 heterocycles. The fourth-order valence-corrected chi connectivity index (χ4v) is 4.88. The lowest BCUT2D eigenvalue weighted by molar-refractivity contribution is -0.643. The molecule has 0 aliphatic carbocycles. The molecule has 3 nitrogen and oxygen atoms in total. The number of fused-ring (bicyclic) bond motifs is 5. The smallest absolute Gasteiger partial charge is 0.224 e. The van der Waals surface area contributed by atoms with Gasteiger partial charge in [0.05, 0.1) is 32.8 Å². The minimum Gasteiger partial charge on any atom is -0.306 e. The Morgan fingerprint density at radius 3 is 2.68 bits per heavy atom. The topological polar surface area (TPSA) is 21.2 Å². The van der Waals surface area contributed by atoms with Crippen molar-refractivity contribution in [2.24, 2.45) is 7.05 Å². The van der Waals surface area contributed by atoms with E-state index < -0.39 is 0 Å². The van der Waals surface area contributed by atoms with E-state index in [1.807, 2.05) is 12.3 Å². The summed E-state index contributed by atoms with van der Waals surface area (Å²) in [6.07, 6.45) is 4.09. The maximum Gasteiger partial charge on any atom is 0.224 e. The number of aryl methyl sites for hydroxylation is 2. The standard InChI is InChI=1S/C25H22N3/c1-14(2)17-12-16-9-11-27(4)25-21-15(3)7-8-18-23-19(6-5-10-26-23)28(24(18)21)20(13-17)22(16)25/h5-14H,1-4H3/q+1. The van der Waals surface area contributed by atoms with Crippen LogP contribution in [0, 0.1) is 6.92 Å². The summed E-state index contributed by atoms with van der Waals surface area (Å²) < 4.78 is 4.72. The number of pyridine rings is 3. The highest BCUT2D eigenvalue weighted by molar-refractivity contribution is 6.25. The van der Waals surface area contributed by atoms with Gasteiger partial charge in [-0.2, -0.15) is 0 Å². The molecule has 3 heteroatoms. The van der Waals surface area contributed by atoms with Crippen LogP contribution in [0.4, 0.5) is 0 Å². The third-order valence-corrected chi connectivity index (χ3v) is 6.27. The summed E-state index contributed by atoms with van der Waals surface area (Å²) >= 11 is 0. The highest BCUT2D eigenvalue weighted by Gasteiger charge is 2.24. The van der Waals surface area contributed by atoms with Gasteiger partial charge in [-0.15, -0.1) is 0 Å². The van der Waals surface area contributed by atoms with Crippen molar-refractivity contribution in [1.29, 1.82) is 0 Å². The first-order valence-electron chi connectivity index (χ1n) is 9.92. The summed E-state index contributed by atoms with van der Waals surface area (Å²) in [5.74, 6) is 0.479. The Hall–Kier alpha value is -3.20. The molecule has 6 rings (SSSR count). The van der Waals surface area contributed by atoms with E-state index >= 15 is 0 Å². The molecular formula is C25H22N3+. The molecule has 6 aromatic rings. The number of benzene rings is 2. The quantitative estimate of drug-likeness (QED) is 0.210. The first-order valence-corrected chi connectivity index (χ1v) is 9.92. The van der Waals surface area contributed by atoms with E-state index in [-0.39, 0.29) is 0 Å². The van der Waals surface area contributed by atoms with Crippen molar-refractivity contribution in [3.05, 3.63) is 66.0 Å². The Morgan fingerprint density at radius 2 is 1.86 bits per heavy atom. The van der Waals surface area contributed by atoms with Crippen LogP contribution < -0.4 is 4.57 Å². The Labute approximate surface area is 163 Å². The summed E-state index contributed by atoms with van der Waals surface area (Å²) in [7, 11) is 2.16. The third kappa shape index (κ3) is 1.79. The van der Waals surface area contributed by atoms with Crippen molar-refractivity contribution < 1.29 is 4.57 Å². The van der Waals surface area contributed by atoms with Crippen LogP contribution in [0.25, 0.3) is 49.1 Å². The predicted molar refractivity (Wildman–Crippen MR) is 116 cm³/mol. The monoisotopic (exact) mass is 364 g/mol. The Bertz CT molecular complexity index is 1550. The average molecular weight is 364 g/mol. The molecule has 0 amide bonds. The molecule has 0 bridgehead atoms. The Balaban J connectivity index is 2.10. The van der Waals surface area contributed by atoms with Gasteiger partial charge in [-0.3, -0.25) is 4.98 Å². The molecule has 136 valence electrons. The van der Waals surface area contributed by atoms with Crippen molar-refractivity contribution in [2.75, 3.05) is 0 Å². The van der Waals surface area contributed by atoms with E-state index in [1.54, 1.807) is 0 Å². The van der Waals surface area contributed by atoms with E-state index in [0.717, 1.165) is 5.52 Å². The molecule has 0 spiro atoms. The zero-order chi connectivity index (χ0) is 19.2. The second kappa shape index (κ2) is 5.20. The van der Waals surface area contributed by atoms with Gasteiger partial charge in [-0.25, -0.2) is 4.57 Å². The van der Waals surface area contributed by atoms with Crippen LogP contribution in [-0.2, 0) is 7.05 Å². The molecule has 0 saturated carbocycles. The molecular weight excluding hydrogens is 342 g/mol. The van der Waals surface area contributed by atoms with Crippen LogP contribution in [0.2, 0.25) is 0 Å². The van der Waals surface area contributed by atoms with Crippen molar-refractivity contribution >= 4 is 49.1 Å². The maximum atomic E-state index is 4.76. The van der Waals surface area contributed by atoms with E-state index in [4.69, 9.17) is 4.98 Å². The first kappa shape index (κ1) is 15.8. The molecule has 0 aliphatic rings. The van der Waals surface area contributed by atoms with Gasteiger partial charge < -0.3 is 4.40 Å². The largest absolute Gasteiger partial charge is 0.306 e. The van der Waals surface area contributed by atoms with E-state index in [9.17, 15) is 0 Å². The number of nitrogens with zero attached hydrogens (tertiary/aromatic N) is 3. The lowest BCUT2D eigenvalue weighted by Gasteiger charge is -2.15. The van der Waals surface area contributed by atoms with E-state index in [1.165, 1.54) is 54.7 Å². The summed E-state index contributed by atoms with van der Waals surface area (Å²) in [6, 6.07) is 15.7. The van der Waals surface area contributed by atoms with Gasteiger partial charge in [0.15, 0.2) is 6.20 Å². The number of hydrogen-bond donors (Lipinski definition) is 0. The summed E-state index contributed by atoms with van der Waals surface area (Å²) in [6.45, 7) is 6.75. The fourth-order valence-electron chi connectivity index (χ4n) is 4.88. The van der Waals surface area contributed by atoms with Gasteiger partial charge in [0, 0.05) is 17.6 Å². The molecule has 0 atom stereocenters. The molecule has 28 heavy (non-hydrogen) atoms. The molecule has 0 unspecified atom stereocenters. The number of rotatable bonds is 1. The normalized spacial score (nSPS) is 12.6. The zero-order valence-corrected chi connectivity index (χ0v) is 16.6. The molecule has 0 aliphatic heterocycles. The van der Waals surface area contributed by atoms with Crippen LogP contribution in [-0.4, -0.2) is 9.38 Å². The number of aromatic nitrogens is 3. The highest BCUT2D eigenvalue weighted by Crippen LogP contribution is 2.40. The summed E-state index contributed by atoms with van der Waals surface area (Å²) in [4.78, 5) is 4.76. The highest BCUT2D eigenvalue weighted by atomic mass is 15.0. The van der Waals surface area contributed by atoms with Crippen LogP contribution in [0.15, 0.2) is 54.9 Å². The Morgan fingerprint density at radius 1 is 1.00 bits per heavy atom. The van der Waals surface area contributed by atoms with Crippen molar-refractivity contribution in [1.82, 2.24) is 9.38 Å². The molecule has 0 saturated heterocycles. The summed E-state index contributed by atoms with van der Waals surface area (Å²) in [5, 5.41) is 5.20. The Kier molecular flexibility index (Phi) is 2.94. The van der Waals surface area contributed by atoms with Gasteiger partial charge in [-0.05, 0) is 47.6 Å². The predicted octanol–water partition coefficient (Wildman–Crippen LogP) is 5.64. The third-order valence-electron chi connectivity index (χ3n) is 6.27. The second-order valence-electron chi connectivity index (χ2n) is 8.29. The molecule has 2 aromatic carbocycles. The minimum absolute atomic E-state index is 0.479. The molecule has 4 aromatic heterocycles. The van der Waals surface area contributed by atoms with Crippen LogP contribution in [0.1, 0.15) is 30.9 Å². The second-order valence-corrected chi connectivity index (χ2v) is 8.29. The number of hydrogen-bond acceptors (Lipinski definition) is 1. The van der Waals surface area contributed by atoms with Crippen molar-refractivity contribution in [3.63, 3.8) is 0 Å². The van der Waals surface area contributed by atoms with Crippen LogP contribution in [0.5, 0.6) is 0 Å². The minimum atomic E-state index is 0.479. The van der Waals surface area contributed by atoms with Gasteiger partial charge in [-0.1, -0.05) is 32.0 Å². The lowest BCUT2D eigenvalue weighted by Crippen LogP contribution is -2.29. The van der Waals surface area contributed by atoms with Crippen LogP contribution >= 0.6 is 0 Å². The maximum absolute atomic E-state index is 4.76. The lowest BCUT2D eigenvalue weighted by atomic mass is 9.95. The average Bonchev–Trinajstić information content (AvgIpc) is 3.03. The van der Waals surface area contributed by atoms with E-state index in [2.05, 4.69) is 79.4 Å². The van der Waals surface area contributed by atoms with Gasteiger partial charge in [0.1, 0.15) is 7.05 Å². The van der Waals surface area contributed by atoms with Gasteiger partial charge in [0.2, 0.25) is 5.52 Å². The van der Waals surface area contributed by atoms with E-state index in [0.29, 0.717) is 5.92 Å². The molecule has 0 radical (unpaired) electrons. The van der Waals surface area contributed by atoms with Gasteiger partial charge >= 0.3 is 0 Å². The van der Waals surface area contributed by atoms with Crippen LogP contribution in [0.3, 0.4) is 0 Å². The van der Waals surface area contributed by atoms with Gasteiger partial charge in [0.25, 0.3) is 0 Å². The van der Waals surface area contributed by atoms with Crippen molar-refractivity contribution in [3.8, 4) is 0 Å². The SMILES string of the molecule is Cc1ccc2c3ncccc3n3c4cc(C(C)C)cc5cc[n+](C)c(c1c23)c54. The first-order chi connectivity index (χ1) is 13.6. The molecule has 0 N–H and O–H groups in total. The van der Waals surface area contributed by atoms with Crippen molar-refractivity contribution in [2.45, 2.75) is 26.7 Å².